The van der Waals surface area contributed by atoms with Gasteiger partial charge in [0.05, 0.1) is 21.7 Å². The van der Waals surface area contributed by atoms with Crippen molar-refractivity contribution in [3.63, 3.8) is 0 Å². The van der Waals surface area contributed by atoms with Gasteiger partial charge in [0.2, 0.25) is 15.9 Å². The van der Waals surface area contributed by atoms with E-state index in [-0.39, 0.29) is 10.7 Å². The molecule has 1 aromatic heterocycles. The lowest BCUT2D eigenvalue weighted by molar-refractivity contribution is -0.124. The summed E-state index contributed by atoms with van der Waals surface area (Å²) in [7, 11) is -4.24. The molecule has 2 heterocycles. The number of halogens is 1. The Morgan fingerprint density at radius 2 is 1.52 bits per heavy atom. The van der Waals surface area contributed by atoms with Crippen molar-refractivity contribution in [2.45, 2.75) is 36.2 Å². The molecule has 40 heavy (non-hydrogen) atoms. The van der Waals surface area contributed by atoms with Crippen LogP contribution in [0.2, 0.25) is 5.02 Å². The van der Waals surface area contributed by atoms with Crippen LogP contribution in [0.5, 0.6) is 0 Å². The molecule has 1 aliphatic heterocycles. The number of Topliss-reactive ketones (excluding diaryl/α,β-unsaturated/α-hetero) is 1. The molecule has 1 aliphatic rings. The first-order valence-electron chi connectivity index (χ1n) is 13.1. The Kier molecular flexibility index (Phi) is 8.51. The summed E-state index contributed by atoms with van der Waals surface area (Å²) >= 11 is 7.53. The van der Waals surface area contributed by atoms with Gasteiger partial charge in [0.1, 0.15) is 6.04 Å². The van der Waals surface area contributed by atoms with Crippen LogP contribution in [0.3, 0.4) is 0 Å². The number of rotatable bonds is 9. The summed E-state index contributed by atoms with van der Waals surface area (Å²) in [6.45, 7) is 2.31. The standard InChI is InChI=1S/C31H29ClN2O4S2/c1-2-19-33-31(36)29-26(21-15-17-23(32)18-16-21)27(30(35)25-14-9-20-39-25)28(22-10-5-3-6-11-22)34(29)40(37,38)24-12-7-4-8-13-24/h3-18,20,26-29H,2,19H2,1H3,(H,33,36). The van der Waals surface area contributed by atoms with Crippen LogP contribution in [0, 0.1) is 5.92 Å². The van der Waals surface area contributed by atoms with Gasteiger partial charge in [-0.05, 0) is 53.3 Å². The third-order valence-electron chi connectivity index (χ3n) is 7.21. The number of hydrogen-bond acceptors (Lipinski definition) is 5. The van der Waals surface area contributed by atoms with Crippen molar-refractivity contribution in [3.8, 4) is 0 Å². The van der Waals surface area contributed by atoms with Crippen molar-refractivity contribution in [2.75, 3.05) is 6.54 Å². The number of carbonyl (C=O) groups is 2. The fraction of sp³-hybridized carbons (Fsp3) is 0.226. The van der Waals surface area contributed by atoms with E-state index in [1.165, 1.54) is 27.8 Å². The largest absolute Gasteiger partial charge is 0.355 e. The number of hydrogen-bond donors (Lipinski definition) is 1. The number of benzene rings is 3. The second-order valence-electron chi connectivity index (χ2n) is 9.68. The molecule has 9 heteroatoms. The van der Waals surface area contributed by atoms with Gasteiger partial charge in [-0.15, -0.1) is 11.3 Å². The van der Waals surface area contributed by atoms with Crippen molar-refractivity contribution in [2.24, 2.45) is 5.92 Å². The molecule has 0 spiro atoms. The fourth-order valence-electron chi connectivity index (χ4n) is 5.50. The van der Waals surface area contributed by atoms with Gasteiger partial charge < -0.3 is 5.32 Å². The average Bonchev–Trinajstić information content (AvgIpc) is 3.64. The van der Waals surface area contributed by atoms with Crippen LogP contribution in [-0.2, 0) is 14.8 Å². The summed E-state index contributed by atoms with van der Waals surface area (Å²) in [6, 6.07) is 25.6. The molecular formula is C31H29ClN2O4S2. The highest BCUT2D eigenvalue weighted by atomic mass is 35.5. The summed E-state index contributed by atoms with van der Waals surface area (Å²) < 4.78 is 30.3. The van der Waals surface area contributed by atoms with Crippen molar-refractivity contribution in [3.05, 3.63) is 123 Å². The zero-order valence-corrected chi connectivity index (χ0v) is 24.2. The summed E-state index contributed by atoms with van der Waals surface area (Å²) in [5.74, 6) is -2.29. The molecule has 0 aliphatic carbocycles. The molecule has 0 saturated carbocycles. The zero-order chi connectivity index (χ0) is 28.3. The number of amides is 1. The van der Waals surface area contributed by atoms with E-state index < -0.39 is 39.8 Å². The van der Waals surface area contributed by atoms with Crippen molar-refractivity contribution >= 4 is 44.7 Å². The van der Waals surface area contributed by atoms with Gasteiger partial charge in [-0.3, -0.25) is 9.59 Å². The maximum absolute atomic E-state index is 14.5. The third-order valence-corrected chi connectivity index (χ3v) is 10.2. The number of ketones is 1. The third kappa shape index (κ3) is 5.37. The van der Waals surface area contributed by atoms with E-state index in [0.717, 1.165) is 0 Å². The van der Waals surface area contributed by atoms with Crippen LogP contribution in [0.15, 0.2) is 107 Å². The Bertz CT molecular complexity index is 1560. The van der Waals surface area contributed by atoms with E-state index in [2.05, 4.69) is 5.32 Å². The van der Waals surface area contributed by atoms with Gasteiger partial charge in [0.25, 0.3) is 0 Å². The smallest absolute Gasteiger partial charge is 0.244 e. The molecule has 1 fully saturated rings. The van der Waals surface area contributed by atoms with Crippen molar-refractivity contribution in [1.29, 1.82) is 0 Å². The average molecular weight is 593 g/mol. The predicted octanol–water partition coefficient (Wildman–Crippen LogP) is 6.32. The maximum Gasteiger partial charge on any atom is 0.244 e. The number of thiophene rings is 1. The molecular weight excluding hydrogens is 564 g/mol. The van der Waals surface area contributed by atoms with E-state index in [1.807, 2.05) is 42.6 Å². The van der Waals surface area contributed by atoms with Gasteiger partial charge in [0, 0.05) is 17.5 Å². The molecule has 6 nitrogen and oxygen atoms in total. The molecule has 4 atom stereocenters. The molecule has 5 rings (SSSR count). The second kappa shape index (κ2) is 12.1. The highest BCUT2D eigenvalue weighted by molar-refractivity contribution is 7.89. The van der Waals surface area contributed by atoms with Crippen molar-refractivity contribution in [1.82, 2.24) is 9.62 Å². The first kappa shape index (κ1) is 28.2. The number of nitrogens with one attached hydrogen (secondary N) is 1. The van der Waals surface area contributed by atoms with Crippen LogP contribution in [0.25, 0.3) is 0 Å². The number of nitrogens with zero attached hydrogens (tertiary/aromatic N) is 1. The Morgan fingerprint density at radius 1 is 0.875 bits per heavy atom. The summed E-state index contributed by atoms with van der Waals surface area (Å²) in [5, 5.41) is 5.25. The quantitative estimate of drug-likeness (QED) is 0.230. The van der Waals surface area contributed by atoms with Crippen LogP contribution in [-0.4, -0.2) is 37.0 Å². The molecule has 4 unspecified atom stereocenters. The van der Waals surface area contributed by atoms with Gasteiger partial charge in [0.15, 0.2) is 5.78 Å². The minimum Gasteiger partial charge on any atom is -0.355 e. The molecule has 1 N–H and O–H groups in total. The Morgan fingerprint density at radius 3 is 2.12 bits per heavy atom. The van der Waals surface area contributed by atoms with E-state index in [1.54, 1.807) is 54.6 Å². The Balaban J connectivity index is 1.81. The van der Waals surface area contributed by atoms with Crippen LogP contribution in [0.4, 0.5) is 0 Å². The van der Waals surface area contributed by atoms with Gasteiger partial charge >= 0.3 is 0 Å². The lowest BCUT2D eigenvalue weighted by atomic mass is 9.77. The highest BCUT2D eigenvalue weighted by Gasteiger charge is 2.59. The minimum absolute atomic E-state index is 0.0586. The van der Waals surface area contributed by atoms with E-state index in [4.69, 9.17) is 11.6 Å². The Labute approximate surface area is 243 Å². The summed E-state index contributed by atoms with van der Waals surface area (Å²) in [5.41, 5.74) is 1.31. The lowest BCUT2D eigenvalue weighted by Gasteiger charge is -2.30. The number of carbonyl (C=O) groups excluding carboxylic acids is 2. The molecule has 1 amide bonds. The van der Waals surface area contributed by atoms with Gasteiger partial charge in [-0.25, -0.2) is 8.42 Å². The maximum atomic E-state index is 14.5. The van der Waals surface area contributed by atoms with E-state index in [9.17, 15) is 18.0 Å². The highest BCUT2D eigenvalue weighted by Crippen LogP contribution is 2.53. The van der Waals surface area contributed by atoms with Gasteiger partial charge in [-0.2, -0.15) is 4.31 Å². The monoisotopic (exact) mass is 592 g/mol. The summed E-state index contributed by atoms with van der Waals surface area (Å²) in [4.78, 5) is 29.0. The topological polar surface area (TPSA) is 83.6 Å². The predicted molar refractivity (Wildman–Crippen MR) is 158 cm³/mol. The van der Waals surface area contributed by atoms with Crippen LogP contribution >= 0.6 is 22.9 Å². The van der Waals surface area contributed by atoms with Gasteiger partial charge in [-0.1, -0.05) is 85.3 Å². The molecule has 4 aromatic rings. The fourth-order valence-corrected chi connectivity index (χ4v) is 8.16. The first-order chi connectivity index (χ1) is 19.3. The molecule has 3 aromatic carbocycles. The van der Waals surface area contributed by atoms with Crippen LogP contribution in [0.1, 0.15) is 46.1 Å². The lowest BCUT2D eigenvalue weighted by Crippen LogP contribution is -2.48. The zero-order valence-electron chi connectivity index (χ0n) is 21.8. The Hall–Kier alpha value is -3.30. The second-order valence-corrected chi connectivity index (χ2v) is 12.9. The molecule has 0 radical (unpaired) electrons. The van der Waals surface area contributed by atoms with E-state index >= 15 is 0 Å². The van der Waals surface area contributed by atoms with Crippen molar-refractivity contribution < 1.29 is 18.0 Å². The normalized spacial score (nSPS) is 21.2. The molecule has 206 valence electrons. The number of sulfonamides is 1. The summed E-state index contributed by atoms with van der Waals surface area (Å²) in [6.07, 6.45) is 0.676. The molecule has 1 saturated heterocycles. The van der Waals surface area contributed by atoms with E-state index in [0.29, 0.717) is 34.0 Å². The first-order valence-corrected chi connectivity index (χ1v) is 15.8. The SMILES string of the molecule is CCCNC(=O)C1C(c2ccc(Cl)cc2)C(C(=O)c2cccs2)C(c2ccccc2)N1S(=O)(=O)c1ccccc1. The minimum atomic E-state index is -4.24. The van der Waals surface area contributed by atoms with Crippen LogP contribution < -0.4 is 5.32 Å². The molecule has 0 bridgehead atoms.